The monoisotopic (exact) mass is 261 g/mol. The molecule has 0 spiro atoms. The van der Waals surface area contributed by atoms with E-state index in [1.807, 2.05) is 31.3 Å². The molecule has 19 heavy (non-hydrogen) atoms. The lowest BCUT2D eigenvalue weighted by Gasteiger charge is -2.10. The lowest BCUT2D eigenvalue weighted by atomic mass is 10.2. The summed E-state index contributed by atoms with van der Waals surface area (Å²) in [5.74, 6) is 1.61. The molecule has 2 aromatic rings. The fraction of sp³-hybridized carbons (Fsp3) is 0.462. The van der Waals surface area contributed by atoms with Crippen LogP contribution in [0, 0.1) is 0 Å². The van der Waals surface area contributed by atoms with Crippen molar-refractivity contribution >= 4 is 0 Å². The molecule has 0 aliphatic carbocycles. The van der Waals surface area contributed by atoms with Gasteiger partial charge in [0, 0.05) is 18.7 Å². The Bertz CT molecular complexity index is 511. The van der Waals surface area contributed by atoms with E-state index >= 15 is 0 Å². The highest BCUT2D eigenvalue weighted by atomic mass is 16.5. The van der Waals surface area contributed by atoms with Crippen LogP contribution >= 0.6 is 0 Å². The molecule has 1 aromatic carbocycles. The van der Waals surface area contributed by atoms with Gasteiger partial charge in [-0.1, -0.05) is 25.1 Å². The van der Waals surface area contributed by atoms with Crippen LogP contribution in [0.2, 0.25) is 0 Å². The fourth-order valence-electron chi connectivity index (χ4n) is 1.84. The molecule has 0 unspecified atom stereocenters. The smallest absolute Gasteiger partial charge is 0.189 e. The average Bonchev–Trinajstić information content (AvgIpc) is 2.86. The number of tetrazole rings is 1. The Morgan fingerprint density at radius 3 is 2.95 bits per heavy atom. The van der Waals surface area contributed by atoms with Crippen LogP contribution in [0.1, 0.15) is 24.7 Å². The van der Waals surface area contributed by atoms with Crippen LogP contribution in [0.5, 0.6) is 5.75 Å². The molecule has 0 aliphatic rings. The Morgan fingerprint density at radius 2 is 2.16 bits per heavy atom. The predicted octanol–water partition coefficient (Wildman–Crippen LogP) is 1.38. The molecule has 1 N–H and O–H groups in total. The van der Waals surface area contributed by atoms with E-state index in [1.54, 1.807) is 4.68 Å². The molecular weight excluding hydrogens is 242 g/mol. The lowest BCUT2D eigenvalue weighted by molar-refractivity contribution is 0.283. The number of para-hydroxylation sites is 1. The first-order valence-corrected chi connectivity index (χ1v) is 6.45. The summed E-state index contributed by atoms with van der Waals surface area (Å²) in [6.45, 7) is 4.06. The van der Waals surface area contributed by atoms with E-state index in [2.05, 4.69) is 27.8 Å². The molecule has 2 rings (SSSR count). The Morgan fingerprint density at radius 1 is 1.32 bits per heavy atom. The summed E-state index contributed by atoms with van der Waals surface area (Å²) in [5, 5.41) is 14.7. The molecule has 0 saturated carbocycles. The number of hydrogen-bond donors (Lipinski definition) is 1. The molecule has 102 valence electrons. The van der Waals surface area contributed by atoms with Gasteiger partial charge in [0.05, 0.1) is 0 Å². The lowest BCUT2D eigenvalue weighted by Crippen LogP contribution is -2.11. The van der Waals surface area contributed by atoms with Gasteiger partial charge in [0.15, 0.2) is 5.82 Å². The Hall–Kier alpha value is -1.95. The first-order chi connectivity index (χ1) is 9.35. The van der Waals surface area contributed by atoms with Gasteiger partial charge in [0.25, 0.3) is 0 Å². The maximum absolute atomic E-state index is 5.82. The molecule has 0 saturated heterocycles. The number of nitrogens with one attached hydrogen (secondary N) is 1. The van der Waals surface area contributed by atoms with Gasteiger partial charge in [-0.05, 0) is 30.0 Å². The molecule has 1 heterocycles. The van der Waals surface area contributed by atoms with Crippen LogP contribution in [-0.4, -0.2) is 27.3 Å². The van der Waals surface area contributed by atoms with E-state index in [1.165, 1.54) is 0 Å². The minimum Gasteiger partial charge on any atom is -0.485 e. The second-order valence-corrected chi connectivity index (χ2v) is 4.24. The van der Waals surface area contributed by atoms with Gasteiger partial charge in [-0.25, -0.2) is 4.68 Å². The quantitative estimate of drug-likeness (QED) is 0.815. The van der Waals surface area contributed by atoms with E-state index in [-0.39, 0.29) is 0 Å². The summed E-state index contributed by atoms with van der Waals surface area (Å²) in [6, 6.07) is 7.96. The van der Waals surface area contributed by atoms with E-state index in [0.29, 0.717) is 6.61 Å². The zero-order valence-electron chi connectivity index (χ0n) is 11.3. The number of benzene rings is 1. The third-order valence-electron chi connectivity index (χ3n) is 2.74. The van der Waals surface area contributed by atoms with E-state index < -0.39 is 0 Å². The van der Waals surface area contributed by atoms with Crippen LogP contribution in [0.3, 0.4) is 0 Å². The summed E-state index contributed by atoms with van der Waals surface area (Å²) >= 11 is 0. The van der Waals surface area contributed by atoms with Crippen LogP contribution in [0.25, 0.3) is 0 Å². The number of aryl methyl sites for hydroxylation is 1. The molecule has 0 fully saturated rings. The van der Waals surface area contributed by atoms with Gasteiger partial charge in [-0.15, -0.1) is 5.10 Å². The van der Waals surface area contributed by atoms with Gasteiger partial charge < -0.3 is 10.1 Å². The number of nitrogens with zero attached hydrogens (tertiary/aromatic N) is 4. The Kier molecular flexibility index (Phi) is 4.85. The van der Waals surface area contributed by atoms with Crippen molar-refractivity contribution in [3.63, 3.8) is 0 Å². The van der Waals surface area contributed by atoms with Gasteiger partial charge >= 0.3 is 0 Å². The highest BCUT2D eigenvalue weighted by molar-refractivity contribution is 5.33. The van der Waals surface area contributed by atoms with Crippen molar-refractivity contribution in [3.05, 3.63) is 35.7 Å². The van der Waals surface area contributed by atoms with Crippen molar-refractivity contribution in [2.24, 2.45) is 0 Å². The maximum atomic E-state index is 5.82. The maximum Gasteiger partial charge on any atom is 0.189 e. The average molecular weight is 261 g/mol. The minimum absolute atomic E-state index is 0.383. The molecule has 6 nitrogen and oxygen atoms in total. The van der Waals surface area contributed by atoms with Gasteiger partial charge in [-0.2, -0.15) is 0 Å². The zero-order chi connectivity index (χ0) is 13.5. The molecule has 0 atom stereocenters. The molecular formula is C13H19N5O. The Labute approximate surface area is 112 Å². The minimum atomic E-state index is 0.383. The second-order valence-electron chi connectivity index (χ2n) is 4.24. The summed E-state index contributed by atoms with van der Waals surface area (Å²) < 4.78 is 7.60. The van der Waals surface area contributed by atoms with Crippen molar-refractivity contribution in [2.45, 2.75) is 33.0 Å². The van der Waals surface area contributed by atoms with Crippen molar-refractivity contribution in [2.75, 3.05) is 7.05 Å². The molecule has 0 bridgehead atoms. The van der Waals surface area contributed by atoms with Crippen LogP contribution in [0.4, 0.5) is 0 Å². The molecule has 0 aliphatic heterocycles. The van der Waals surface area contributed by atoms with Crippen molar-refractivity contribution < 1.29 is 4.74 Å². The predicted molar refractivity (Wildman–Crippen MR) is 71.6 cm³/mol. The number of rotatable bonds is 7. The SMILES string of the molecule is CCCn1nnnc1COc1ccccc1CNC. The third-order valence-corrected chi connectivity index (χ3v) is 2.74. The van der Waals surface area contributed by atoms with E-state index in [0.717, 1.165) is 36.6 Å². The van der Waals surface area contributed by atoms with Crippen LogP contribution in [0.15, 0.2) is 24.3 Å². The normalized spacial score (nSPS) is 10.6. The Balaban J connectivity index is 2.03. The highest BCUT2D eigenvalue weighted by Crippen LogP contribution is 2.18. The van der Waals surface area contributed by atoms with E-state index in [9.17, 15) is 0 Å². The molecule has 0 amide bonds. The van der Waals surface area contributed by atoms with Crippen molar-refractivity contribution in [1.82, 2.24) is 25.5 Å². The third kappa shape index (κ3) is 3.51. The first-order valence-electron chi connectivity index (χ1n) is 6.45. The van der Waals surface area contributed by atoms with E-state index in [4.69, 9.17) is 4.74 Å². The fourth-order valence-corrected chi connectivity index (χ4v) is 1.84. The molecule has 0 radical (unpaired) electrons. The standard InChI is InChI=1S/C13H19N5O/c1-3-8-18-13(15-16-17-18)10-19-12-7-5-4-6-11(12)9-14-2/h4-7,14H,3,8-10H2,1-2H3. The summed E-state index contributed by atoms with van der Waals surface area (Å²) in [5.41, 5.74) is 1.12. The zero-order valence-corrected chi connectivity index (χ0v) is 11.3. The number of hydrogen-bond acceptors (Lipinski definition) is 5. The molecule has 6 heteroatoms. The highest BCUT2D eigenvalue weighted by Gasteiger charge is 2.08. The van der Waals surface area contributed by atoms with Crippen molar-refractivity contribution in [3.8, 4) is 5.75 Å². The summed E-state index contributed by atoms with van der Waals surface area (Å²) in [7, 11) is 1.92. The number of aromatic nitrogens is 4. The summed E-state index contributed by atoms with van der Waals surface area (Å²) in [6.07, 6.45) is 0.994. The summed E-state index contributed by atoms with van der Waals surface area (Å²) in [4.78, 5) is 0. The van der Waals surface area contributed by atoms with Gasteiger partial charge in [-0.3, -0.25) is 0 Å². The topological polar surface area (TPSA) is 64.9 Å². The van der Waals surface area contributed by atoms with Crippen molar-refractivity contribution in [1.29, 1.82) is 0 Å². The number of ether oxygens (including phenoxy) is 1. The molecule has 1 aromatic heterocycles. The van der Waals surface area contributed by atoms with Crippen LogP contribution < -0.4 is 10.1 Å². The first kappa shape index (κ1) is 13.5. The largest absolute Gasteiger partial charge is 0.485 e. The van der Waals surface area contributed by atoms with Crippen LogP contribution in [-0.2, 0) is 19.7 Å². The second kappa shape index (κ2) is 6.84. The van der Waals surface area contributed by atoms with Gasteiger partial charge in [0.2, 0.25) is 0 Å². The van der Waals surface area contributed by atoms with Gasteiger partial charge in [0.1, 0.15) is 12.4 Å².